The molecule has 1 aromatic rings. The van der Waals surface area contributed by atoms with E-state index < -0.39 is 23.5 Å². The predicted octanol–water partition coefficient (Wildman–Crippen LogP) is 3.03. The normalized spacial score (nSPS) is 19.3. The summed E-state index contributed by atoms with van der Waals surface area (Å²) in [6, 6.07) is 7.30. The van der Waals surface area contributed by atoms with Crippen molar-refractivity contribution in [2.45, 2.75) is 40.2 Å². The van der Waals surface area contributed by atoms with Crippen LogP contribution in [0.4, 0.5) is 5.69 Å². The Kier molecular flexibility index (Phi) is 5.29. The van der Waals surface area contributed by atoms with Crippen molar-refractivity contribution in [3.8, 4) is 0 Å². The standard InChI is InChI=1S/C18H25NO4/c1-5-11-19(6-2)14-9-7-13(8-10-14)16(20)23-15-17(21)22-12-18(15,3)4/h7-10,15H,5-6,11-12H2,1-4H3/t15-/m0/s1. The van der Waals surface area contributed by atoms with Gasteiger partial charge in [-0.1, -0.05) is 20.8 Å². The molecule has 0 bridgehead atoms. The lowest BCUT2D eigenvalue weighted by atomic mass is 9.90. The first-order valence-electron chi connectivity index (χ1n) is 8.11. The molecular weight excluding hydrogens is 294 g/mol. The van der Waals surface area contributed by atoms with Crippen LogP contribution in [0.2, 0.25) is 0 Å². The number of carbonyl (C=O) groups is 2. The molecule has 126 valence electrons. The van der Waals surface area contributed by atoms with E-state index in [1.807, 2.05) is 26.0 Å². The summed E-state index contributed by atoms with van der Waals surface area (Å²) >= 11 is 0. The lowest BCUT2D eigenvalue weighted by Gasteiger charge is -2.23. The fraction of sp³-hybridized carbons (Fsp3) is 0.556. The summed E-state index contributed by atoms with van der Waals surface area (Å²) in [5.41, 5.74) is 1.02. The summed E-state index contributed by atoms with van der Waals surface area (Å²) in [6.45, 7) is 10.1. The highest BCUT2D eigenvalue weighted by Crippen LogP contribution is 2.31. The molecule has 1 saturated heterocycles. The largest absolute Gasteiger partial charge is 0.462 e. The third-order valence-corrected chi connectivity index (χ3v) is 4.08. The number of hydrogen-bond acceptors (Lipinski definition) is 5. The highest BCUT2D eigenvalue weighted by Gasteiger charge is 2.46. The molecule has 0 aromatic heterocycles. The third-order valence-electron chi connectivity index (χ3n) is 4.08. The molecule has 0 spiro atoms. The van der Waals surface area contributed by atoms with Crippen molar-refractivity contribution in [2.24, 2.45) is 5.41 Å². The molecule has 1 fully saturated rings. The fourth-order valence-electron chi connectivity index (χ4n) is 2.66. The topological polar surface area (TPSA) is 55.8 Å². The van der Waals surface area contributed by atoms with Crippen LogP contribution >= 0.6 is 0 Å². The molecule has 0 amide bonds. The van der Waals surface area contributed by atoms with E-state index in [-0.39, 0.29) is 6.61 Å². The molecule has 5 heteroatoms. The Morgan fingerprint density at radius 3 is 2.43 bits per heavy atom. The molecule has 0 saturated carbocycles. The molecule has 1 aliphatic heterocycles. The Balaban J connectivity index is 2.07. The van der Waals surface area contributed by atoms with Crippen LogP contribution in [-0.4, -0.2) is 37.7 Å². The van der Waals surface area contributed by atoms with Crippen molar-refractivity contribution in [1.29, 1.82) is 0 Å². The van der Waals surface area contributed by atoms with E-state index in [1.54, 1.807) is 12.1 Å². The first-order chi connectivity index (χ1) is 10.9. The van der Waals surface area contributed by atoms with Crippen molar-refractivity contribution in [2.75, 3.05) is 24.6 Å². The highest BCUT2D eigenvalue weighted by molar-refractivity contribution is 5.92. The summed E-state index contributed by atoms with van der Waals surface area (Å²) in [5.74, 6) is -0.966. The molecular formula is C18H25NO4. The zero-order valence-electron chi connectivity index (χ0n) is 14.3. The van der Waals surface area contributed by atoms with Crippen molar-refractivity contribution >= 4 is 17.6 Å². The smallest absolute Gasteiger partial charge is 0.348 e. The number of rotatable bonds is 6. The Labute approximate surface area is 137 Å². The van der Waals surface area contributed by atoms with Gasteiger partial charge in [0.2, 0.25) is 6.10 Å². The summed E-state index contributed by atoms with van der Waals surface area (Å²) in [6.07, 6.45) is 0.221. The second-order valence-corrected chi connectivity index (χ2v) is 6.51. The molecule has 2 rings (SSSR count). The van der Waals surface area contributed by atoms with Crippen molar-refractivity contribution in [1.82, 2.24) is 0 Å². The van der Waals surface area contributed by atoms with Crippen LogP contribution in [0.1, 0.15) is 44.5 Å². The van der Waals surface area contributed by atoms with Gasteiger partial charge in [0.1, 0.15) is 6.61 Å². The number of cyclic esters (lactones) is 1. The molecule has 0 N–H and O–H groups in total. The molecule has 1 aromatic carbocycles. The van der Waals surface area contributed by atoms with E-state index >= 15 is 0 Å². The Hall–Kier alpha value is -2.04. The molecule has 1 heterocycles. The fourth-order valence-corrected chi connectivity index (χ4v) is 2.66. The lowest BCUT2D eigenvalue weighted by molar-refractivity contribution is -0.145. The number of nitrogens with zero attached hydrogens (tertiary/aromatic N) is 1. The van der Waals surface area contributed by atoms with Crippen LogP contribution in [-0.2, 0) is 14.3 Å². The maximum Gasteiger partial charge on any atom is 0.348 e. The van der Waals surface area contributed by atoms with Crippen LogP contribution in [0.5, 0.6) is 0 Å². The summed E-state index contributed by atoms with van der Waals surface area (Å²) in [4.78, 5) is 26.2. The van der Waals surface area contributed by atoms with E-state index in [2.05, 4.69) is 18.7 Å². The molecule has 1 aliphatic rings. The third kappa shape index (κ3) is 3.84. The van der Waals surface area contributed by atoms with Gasteiger partial charge in [0.15, 0.2) is 0 Å². The molecule has 23 heavy (non-hydrogen) atoms. The zero-order chi connectivity index (χ0) is 17.0. The van der Waals surface area contributed by atoms with Gasteiger partial charge in [0, 0.05) is 24.2 Å². The van der Waals surface area contributed by atoms with Crippen LogP contribution in [0.15, 0.2) is 24.3 Å². The number of carbonyl (C=O) groups excluding carboxylic acids is 2. The van der Waals surface area contributed by atoms with Gasteiger partial charge in [-0.15, -0.1) is 0 Å². The van der Waals surface area contributed by atoms with E-state index in [0.717, 1.165) is 25.2 Å². The molecule has 5 nitrogen and oxygen atoms in total. The second kappa shape index (κ2) is 7.02. The number of ether oxygens (including phenoxy) is 2. The predicted molar refractivity (Wildman–Crippen MR) is 88.6 cm³/mol. The van der Waals surface area contributed by atoms with Crippen LogP contribution < -0.4 is 4.90 Å². The van der Waals surface area contributed by atoms with Gasteiger partial charge in [-0.05, 0) is 37.6 Å². The average Bonchev–Trinajstić information content (AvgIpc) is 2.79. The van der Waals surface area contributed by atoms with Gasteiger partial charge >= 0.3 is 11.9 Å². The number of esters is 2. The first-order valence-corrected chi connectivity index (χ1v) is 8.11. The number of anilines is 1. The van der Waals surface area contributed by atoms with Gasteiger partial charge in [-0.25, -0.2) is 9.59 Å². The van der Waals surface area contributed by atoms with Gasteiger partial charge in [0.25, 0.3) is 0 Å². The summed E-state index contributed by atoms with van der Waals surface area (Å²) < 4.78 is 10.4. The summed E-state index contributed by atoms with van der Waals surface area (Å²) in [7, 11) is 0. The van der Waals surface area contributed by atoms with Gasteiger partial charge in [-0.2, -0.15) is 0 Å². The maximum atomic E-state index is 12.3. The quantitative estimate of drug-likeness (QED) is 0.754. The van der Waals surface area contributed by atoms with Gasteiger partial charge in [-0.3, -0.25) is 0 Å². The lowest BCUT2D eigenvalue weighted by Crippen LogP contribution is -2.34. The van der Waals surface area contributed by atoms with E-state index in [1.165, 1.54) is 0 Å². The Morgan fingerprint density at radius 1 is 1.30 bits per heavy atom. The minimum atomic E-state index is -0.845. The second-order valence-electron chi connectivity index (χ2n) is 6.51. The Morgan fingerprint density at radius 2 is 1.96 bits per heavy atom. The minimum absolute atomic E-state index is 0.269. The Bertz CT molecular complexity index is 565. The SMILES string of the molecule is CCCN(CC)c1ccc(C(=O)O[C@H]2C(=O)OCC2(C)C)cc1. The highest BCUT2D eigenvalue weighted by atomic mass is 16.6. The minimum Gasteiger partial charge on any atom is -0.462 e. The van der Waals surface area contributed by atoms with E-state index in [4.69, 9.17) is 9.47 Å². The maximum absolute atomic E-state index is 12.3. The first kappa shape index (κ1) is 17.3. The summed E-state index contributed by atoms with van der Waals surface area (Å²) in [5, 5.41) is 0. The van der Waals surface area contributed by atoms with Gasteiger partial charge < -0.3 is 14.4 Å². The molecule has 1 atom stereocenters. The van der Waals surface area contributed by atoms with Crippen molar-refractivity contribution < 1.29 is 19.1 Å². The van der Waals surface area contributed by atoms with Crippen LogP contribution in [0, 0.1) is 5.41 Å². The van der Waals surface area contributed by atoms with Crippen molar-refractivity contribution in [3.05, 3.63) is 29.8 Å². The van der Waals surface area contributed by atoms with E-state index in [9.17, 15) is 9.59 Å². The van der Waals surface area contributed by atoms with Crippen molar-refractivity contribution in [3.63, 3.8) is 0 Å². The van der Waals surface area contributed by atoms with Gasteiger partial charge in [0.05, 0.1) is 5.56 Å². The zero-order valence-corrected chi connectivity index (χ0v) is 14.3. The molecule has 0 radical (unpaired) electrons. The monoisotopic (exact) mass is 319 g/mol. The molecule has 0 unspecified atom stereocenters. The van der Waals surface area contributed by atoms with Crippen LogP contribution in [0.3, 0.4) is 0 Å². The number of benzene rings is 1. The number of hydrogen-bond donors (Lipinski definition) is 0. The van der Waals surface area contributed by atoms with Crippen LogP contribution in [0.25, 0.3) is 0 Å². The molecule has 0 aliphatic carbocycles. The average molecular weight is 319 g/mol. The van der Waals surface area contributed by atoms with E-state index in [0.29, 0.717) is 5.56 Å².